The standard InChI is InChI=1S/C18H18N4O4/c23-22(24)16-5-2-1-4-15(16)21-9-7-20(8-10-21)13-14-12-18(26-19-14)17-6-3-11-25-17/h1-6,11-12H,7-10,13H2. The molecule has 0 N–H and O–H groups in total. The van der Waals surface area contributed by atoms with E-state index in [1.165, 1.54) is 0 Å². The molecule has 0 amide bonds. The van der Waals surface area contributed by atoms with E-state index in [1.807, 2.05) is 18.2 Å². The molecular formula is C18H18N4O4. The van der Waals surface area contributed by atoms with E-state index in [-0.39, 0.29) is 10.6 Å². The number of para-hydroxylation sites is 2. The van der Waals surface area contributed by atoms with Gasteiger partial charge < -0.3 is 13.8 Å². The number of nitro groups is 1. The zero-order chi connectivity index (χ0) is 17.9. The average molecular weight is 354 g/mol. The summed E-state index contributed by atoms with van der Waals surface area (Å²) in [5, 5.41) is 15.3. The smallest absolute Gasteiger partial charge is 0.292 e. The molecule has 0 unspecified atom stereocenters. The van der Waals surface area contributed by atoms with Crippen molar-refractivity contribution in [3.8, 4) is 11.5 Å². The molecule has 1 aliphatic rings. The van der Waals surface area contributed by atoms with Crippen LogP contribution in [0.1, 0.15) is 5.69 Å². The van der Waals surface area contributed by atoms with Crippen LogP contribution in [0.15, 0.2) is 57.7 Å². The third-order valence-electron chi connectivity index (χ3n) is 4.50. The fourth-order valence-corrected chi connectivity index (χ4v) is 3.18. The normalized spacial score (nSPS) is 15.3. The van der Waals surface area contributed by atoms with Crippen molar-refractivity contribution in [2.75, 3.05) is 31.1 Å². The Hall–Kier alpha value is -3.13. The molecule has 8 nitrogen and oxygen atoms in total. The summed E-state index contributed by atoms with van der Waals surface area (Å²) < 4.78 is 10.6. The van der Waals surface area contributed by atoms with Gasteiger partial charge in [-0.05, 0) is 18.2 Å². The molecule has 0 aliphatic carbocycles. The van der Waals surface area contributed by atoms with Gasteiger partial charge in [-0.1, -0.05) is 17.3 Å². The third kappa shape index (κ3) is 3.31. The highest BCUT2D eigenvalue weighted by molar-refractivity contribution is 5.63. The summed E-state index contributed by atoms with van der Waals surface area (Å²) in [5.74, 6) is 1.27. The molecule has 1 fully saturated rings. The van der Waals surface area contributed by atoms with Crippen molar-refractivity contribution in [2.45, 2.75) is 6.54 Å². The second-order valence-electron chi connectivity index (χ2n) is 6.17. The van der Waals surface area contributed by atoms with Gasteiger partial charge in [0, 0.05) is 44.9 Å². The predicted octanol–water partition coefficient (Wildman–Crippen LogP) is 3.17. The molecule has 0 atom stereocenters. The molecule has 2 aromatic heterocycles. The number of anilines is 1. The van der Waals surface area contributed by atoms with E-state index < -0.39 is 0 Å². The van der Waals surface area contributed by atoms with Crippen LogP contribution in [0.2, 0.25) is 0 Å². The molecule has 4 rings (SSSR count). The fourth-order valence-electron chi connectivity index (χ4n) is 3.18. The number of nitrogens with zero attached hydrogens (tertiary/aromatic N) is 4. The van der Waals surface area contributed by atoms with E-state index in [2.05, 4.69) is 15.0 Å². The monoisotopic (exact) mass is 354 g/mol. The summed E-state index contributed by atoms with van der Waals surface area (Å²) in [6.45, 7) is 3.74. The van der Waals surface area contributed by atoms with Crippen LogP contribution in [0.4, 0.5) is 11.4 Å². The molecule has 0 saturated carbocycles. The Morgan fingerprint density at radius 2 is 1.88 bits per heavy atom. The summed E-state index contributed by atoms with van der Waals surface area (Å²) in [6.07, 6.45) is 1.60. The molecule has 1 saturated heterocycles. The predicted molar refractivity (Wildman–Crippen MR) is 94.8 cm³/mol. The zero-order valence-corrected chi connectivity index (χ0v) is 14.1. The highest BCUT2D eigenvalue weighted by Gasteiger charge is 2.23. The molecule has 1 aliphatic heterocycles. The van der Waals surface area contributed by atoms with Crippen LogP contribution in [0.3, 0.4) is 0 Å². The van der Waals surface area contributed by atoms with Gasteiger partial charge in [0.1, 0.15) is 5.69 Å². The lowest BCUT2D eigenvalue weighted by Crippen LogP contribution is -2.46. The van der Waals surface area contributed by atoms with Gasteiger partial charge in [0.2, 0.25) is 5.76 Å². The summed E-state index contributed by atoms with van der Waals surface area (Å²) in [4.78, 5) is 15.2. The molecule has 3 heterocycles. The summed E-state index contributed by atoms with van der Waals surface area (Å²) >= 11 is 0. The van der Waals surface area contributed by atoms with Gasteiger partial charge in [-0.3, -0.25) is 15.0 Å². The lowest BCUT2D eigenvalue weighted by atomic mass is 10.2. The lowest BCUT2D eigenvalue weighted by Gasteiger charge is -2.35. The van der Waals surface area contributed by atoms with E-state index >= 15 is 0 Å². The Kier molecular flexibility index (Phi) is 4.40. The van der Waals surface area contributed by atoms with E-state index in [1.54, 1.807) is 30.5 Å². The quantitative estimate of drug-likeness (QED) is 0.513. The van der Waals surface area contributed by atoms with Gasteiger partial charge in [-0.2, -0.15) is 0 Å². The molecule has 3 aromatic rings. The second-order valence-corrected chi connectivity index (χ2v) is 6.17. The second kappa shape index (κ2) is 7.01. The van der Waals surface area contributed by atoms with Crippen LogP contribution < -0.4 is 4.90 Å². The topological polar surface area (TPSA) is 88.8 Å². The van der Waals surface area contributed by atoms with Crippen molar-refractivity contribution >= 4 is 11.4 Å². The van der Waals surface area contributed by atoms with E-state index in [4.69, 9.17) is 8.94 Å². The molecular weight excluding hydrogens is 336 g/mol. The fraction of sp³-hybridized carbons (Fsp3) is 0.278. The largest absolute Gasteiger partial charge is 0.461 e. The molecule has 26 heavy (non-hydrogen) atoms. The van der Waals surface area contributed by atoms with Gasteiger partial charge >= 0.3 is 0 Å². The SMILES string of the molecule is O=[N+]([O-])c1ccccc1N1CCN(Cc2cc(-c3ccco3)on2)CC1. The molecule has 8 heteroatoms. The number of hydrogen-bond donors (Lipinski definition) is 0. The number of furan rings is 1. The minimum Gasteiger partial charge on any atom is -0.461 e. The first kappa shape index (κ1) is 16.3. The first-order valence-corrected chi connectivity index (χ1v) is 8.41. The van der Waals surface area contributed by atoms with Crippen molar-refractivity contribution in [2.24, 2.45) is 0 Å². The number of benzene rings is 1. The van der Waals surface area contributed by atoms with Crippen molar-refractivity contribution < 1.29 is 13.9 Å². The average Bonchev–Trinajstić information content (AvgIpc) is 3.34. The third-order valence-corrected chi connectivity index (χ3v) is 4.50. The van der Waals surface area contributed by atoms with Crippen LogP contribution in [0.5, 0.6) is 0 Å². The summed E-state index contributed by atoms with van der Waals surface area (Å²) in [5.41, 5.74) is 1.68. The Labute approximate surface area is 149 Å². The van der Waals surface area contributed by atoms with Crippen LogP contribution in [0.25, 0.3) is 11.5 Å². The molecule has 0 bridgehead atoms. The van der Waals surface area contributed by atoms with Crippen LogP contribution in [-0.4, -0.2) is 41.2 Å². The van der Waals surface area contributed by atoms with Gasteiger partial charge in [0.15, 0.2) is 5.76 Å². The molecule has 0 spiro atoms. The lowest BCUT2D eigenvalue weighted by molar-refractivity contribution is -0.384. The van der Waals surface area contributed by atoms with Gasteiger partial charge in [0.25, 0.3) is 5.69 Å². The molecule has 134 valence electrons. The maximum absolute atomic E-state index is 11.2. The van der Waals surface area contributed by atoms with Crippen LogP contribution in [0, 0.1) is 10.1 Å². The van der Waals surface area contributed by atoms with Gasteiger partial charge in [-0.25, -0.2) is 0 Å². The van der Waals surface area contributed by atoms with E-state index in [0.29, 0.717) is 23.8 Å². The van der Waals surface area contributed by atoms with Crippen molar-refractivity contribution in [3.05, 3.63) is 64.5 Å². The number of piperazine rings is 1. The number of rotatable bonds is 5. The molecule has 0 radical (unpaired) electrons. The van der Waals surface area contributed by atoms with Crippen LogP contribution in [-0.2, 0) is 6.54 Å². The number of hydrogen-bond acceptors (Lipinski definition) is 7. The van der Waals surface area contributed by atoms with E-state index in [9.17, 15) is 10.1 Å². The summed E-state index contributed by atoms with van der Waals surface area (Å²) in [6, 6.07) is 12.4. The number of aromatic nitrogens is 1. The van der Waals surface area contributed by atoms with Crippen molar-refractivity contribution in [1.82, 2.24) is 10.1 Å². The molecule has 1 aromatic carbocycles. The minimum atomic E-state index is -0.326. The van der Waals surface area contributed by atoms with Gasteiger partial charge in [-0.15, -0.1) is 0 Å². The Bertz CT molecular complexity index is 882. The minimum absolute atomic E-state index is 0.153. The highest BCUT2D eigenvalue weighted by Crippen LogP contribution is 2.28. The van der Waals surface area contributed by atoms with Crippen molar-refractivity contribution in [3.63, 3.8) is 0 Å². The van der Waals surface area contributed by atoms with Crippen molar-refractivity contribution in [1.29, 1.82) is 0 Å². The van der Waals surface area contributed by atoms with Gasteiger partial charge in [0.05, 0.1) is 16.9 Å². The summed E-state index contributed by atoms with van der Waals surface area (Å²) in [7, 11) is 0. The first-order valence-electron chi connectivity index (χ1n) is 8.41. The zero-order valence-electron chi connectivity index (χ0n) is 14.1. The maximum Gasteiger partial charge on any atom is 0.292 e. The van der Waals surface area contributed by atoms with E-state index in [0.717, 1.165) is 31.9 Å². The Morgan fingerprint density at radius 3 is 2.62 bits per heavy atom. The number of nitro benzene ring substituents is 1. The Balaban J connectivity index is 1.38. The Morgan fingerprint density at radius 1 is 1.08 bits per heavy atom. The van der Waals surface area contributed by atoms with Crippen LogP contribution >= 0.6 is 0 Å². The first-order chi connectivity index (χ1) is 12.7. The maximum atomic E-state index is 11.2. The highest BCUT2D eigenvalue weighted by atomic mass is 16.6.